The number of ether oxygens (including phenoxy) is 2. The van der Waals surface area contributed by atoms with Gasteiger partial charge in [0.1, 0.15) is 34.8 Å². The number of aryl methyl sites for hydroxylation is 1. The molecule has 1 amide bonds. The van der Waals surface area contributed by atoms with Crippen molar-refractivity contribution in [3.8, 4) is 11.5 Å². The van der Waals surface area contributed by atoms with Crippen LogP contribution in [0.15, 0.2) is 64.6 Å². The molecule has 8 nitrogen and oxygen atoms in total. The normalized spacial score (nSPS) is 17.3. The number of aliphatic hydroxyl groups is 1. The van der Waals surface area contributed by atoms with Gasteiger partial charge in [-0.25, -0.2) is 4.98 Å². The van der Waals surface area contributed by atoms with E-state index in [0.29, 0.717) is 45.8 Å². The Kier molecular flexibility index (Phi) is 5.78. The second-order valence-electron chi connectivity index (χ2n) is 7.91. The zero-order valence-electron chi connectivity index (χ0n) is 19.3. The van der Waals surface area contributed by atoms with Gasteiger partial charge in [0, 0.05) is 5.56 Å². The van der Waals surface area contributed by atoms with Gasteiger partial charge < -0.3 is 19.0 Å². The Labute approximate surface area is 205 Å². The summed E-state index contributed by atoms with van der Waals surface area (Å²) in [7, 11) is 1.51. The van der Waals surface area contributed by atoms with Crippen molar-refractivity contribution < 1.29 is 28.6 Å². The summed E-state index contributed by atoms with van der Waals surface area (Å²) in [5.41, 5.74) is 0.936. The maximum atomic E-state index is 13.3. The molecule has 1 aliphatic rings. The third kappa shape index (κ3) is 3.93. The highest BCUT2D eigenvalue weighted by molar-refractivity contribution is 7.22. The van der Waals surface area contributed by atoms with Gasteiger partial charge in [0.2, 0.25) is 0 Å². The Hall–Kier alpha value is -4.11. The number of rotatable bonds is 6. The maximum Gasteiger partial charge on any atom is 0.302 e. The van der Waals surface area contributed by atoms with Crippen LogP contribution in [0.25, 0.3) is 16.0 Å². The Bertz CT molecular complexity index is 1480. The van der Waals surface area contributed by atoms with Gasteiger partial charge in [-0.05, 0) is 56.3 Å². The highest BCUT2D eigenvalue weighted by Gasteiger charge is 2.49. The largest absolute Gasteiger partial charge is 0.507 e. The van der Waals surface area contributed by atoms with Crippen LogP contribution in [-0.2, 0) is 9.59 Å². The Morgan fingerprint density at radius 1 is 1.14 bits per heavy atom. The van der Waals surface area contributed by atoms with E-state index in [4.69, 9.17) is 13.9 Å². The molecule has 35 heavy (non-hydrogen) atoms. The Balaban J connectivity index is 1.68. The molecule has 0 radical (unpaired) electrons. The van der Waals surface area contributed by atoms with Gasteiger partial charge in [0.15, 0.2) is 5.13 Å². The first-order chi connectivity index (χ1) is 16.9. The SMILES string of the molecule is CCOc1ccc2nc(N3C(=O)C(=O)/C(=C(/O)c4cccc(OC)c4)C3c3ccc(C)o3)sc2c1. The van der Waals surface area contributed by atoms with Gasteiger partial charge in [-0.15, -0.1) is 0 Å². The topological polar surface area (TPSA) is 102 Å². The van der Waals surface area contributed by atoms with Gasteiger partial charge in [-0.1, -0.05) is 23.5 Å². The van der Waals surface area contributed by atoms with E-state index in [1.54, 1.807) is 55.5 Å². The predicted molar refractivity (Wildman–Crippen MR) is 132 cm³/mol. The van der Waals surface area contributed by atoms with Gasteiger partial charge in [-0.2, -0.15) is 0 Å². The molecule has 1 saturated heterocycles. The van der Waals surface area contributed by atoms with Crippen LogP contribution in [-0.4, -0.2) is 35.5 Å². The standard InChI is InChI=1S/C26H22N2O6S/c1-4-33-17-9-10-18-20(13-17)35-26(27-18)28-22(19-11-8-14(2)34-19)21(24(30)25(28)31)23(29)15-6-5-7-16(12-15)32-3/h5-13,22,29H,4H2,1-3H3/b23-21+. The Morgan fingerprint density at radius 3 is 2.69 bits per heavy atom. The number of carbonyl (C=O) groups excluding carboxylic acids is 2. The van der Waals surface area contributed by atoms with Gasteiger partial charge in [0.25, 0.3) is 5.78 Å². The van der Waals surface area contributed by atoms with E-state index >= 15 is 0 Å². The van der Waals surface area contributed by atoms with E-state index in [9.17, 15) is 14.7 Å². The van der Waals surface area contributed by atoms with Crippen molar-refractivity contribution in [2.75, 3.05) is 18.6 Å². The number of hydrogen-bond donors (Lipinski definition) is 1. The zero-order valence-corrected chi connectivity index (χ0v) is 20.1. The quantitative estimate of drug-likeness (QED) is 0.224. The molecule has 1 atom stereocenters. The number of Topliss-reactive ketones (excluding diaryl/α,β-unsaturated/α-hetero) is 1. The molecule has 0 saturated carbocycles. The molecule has 2 aromatic heterocycles. The second-order valence-corrected chi connectivity index (χ2v) is 8.92. The number of anilines is 1. The number of aliphatic hydroxyl groups excluding tert-OH is 1. The number of nitrogens with zero attached hydrogens (tertiary/aromatic N) is 2. The maximum absolute atomic E-state index is 13.3. The van der Waals surface area contributed by atoms with E-state index in [1.165, 1.54) is 23.3 Å². The Morgan fingerprint density at radius 2 is 1.97 bits per heavy atom. The van der Waals surface area contributed by atoms with Crippen LogP contribution in [0.1, 0.15) is 30.0 Å². The number of fused-ring (bicyclic) bond motifs is 1. The molecule has 0 bridgehead atoms. The molecule has 4 aromatic rings. The summed E-state index contributed by atoms with van der Waals surface area (Å²) >= 11 is 1.26. The van der Waals surface area contributed by atoms with E-state index in [-0.39, 0.29) is 11.3 Å². The third-order valence-corrected chi connectivity index (χ3v) is 6.70. The lowest BCUT2D eigenvalue weighted by atomic mass is 9.99. The van der Waals surface area contributed by atoms with Crippen molar-refractivity contribution in [3.05, 3.63) is 77.3 Å². The number of methoxy groups -OCH3 is 1. The minimum atomic E-state index is -0.984. The van der Waals surface area contributed by atoms with E-state index in [2.05, 4.69) is 4.98 Å². The number of carbonyl (C=O) groups is 2. The summed E-state index contributed by atoms with van der Waals surface area (Å²) in [6.07, 6.45) is 0. The van der Waals surface area contributed by atoms with Crippen molar-refractivity contribution in [2.24, 2.45) is 0 Å². The minimum absolute atomic E-state index is 0.0770. The van der Waals surface area contributed by atoms with Crippen molar-refractivity contribution in [2.45, 2.75) is 19.9 Å². The van der Waals surface area contributed by atoms with Crippen LogP contribution in [0.2, 0.25) is 0 Å². The van der Waals surface area contributed by atoms with Gasteiger partial charge >= 0.3 is 5.91 Å². The number of thiazole rings is 1. The molecular formula is C26H22N2O6S. The summed E-state index contributed by atoms with van der Waals surface area (Å²) in [4.78, 5) is 32.5. The van der Waals surface area contributed by atoms with Gasteiger partial charge in [0.05, 0.1) is 29.5 Å². The molecule has 3 heterocycles. The first kappa shape index (κ1) is 22.7. The van der Waals surface area contributed by atoms with Crippen LogP contribution < -0.4 is 14.4 Å². The van der Waals surface area contributed by atoms with Crippen LogP contribution >= 0.6 is 11.3 Å². The fourth-order valence-corrected chi connectivity index (χ4v) is 5.10. The fraction of sp³-hybridized carbons (Fsp3) is 0.192. The first-order valence-electron chi connectivity index (χ1n) is 11.0. The van der Waals surface area contributed by atoms with E-state index in [1.807, 2.05) is 13.0 Å². The molecule has 178 valence electrons. The highest BCUT2D eigenvalue weighted by Crippen LogP contribution is 2.45. The number of furan rings is 1. The zero-order chi connectivity index (χ0) is 24.7. The van der Waals surface area contributed by atoms with Crippen LogP contribution in [0.4, 0.5) is 5.13 Å². The molecule has 0 aliphatic carbocycles. The lowest BCUT2D eigenvalue weighted by Gasteiger charge is -2.20. The minimum Gasteiger partial charge on any atom is -0.507 e. The molecule has 1 N–H and O–H groups in total. The van der Waals surface area contributed by atoms with Gasteiger partial charge in [-0.3, -0.25) is 14.5 Å². The predicted octanol–water partition coefficient (Wildman–Crippen LogP) is 5.23. The monoisotopic (exact) mass is 490 g/mol. The number of amides is 1. The number of benzene rings is 2. The summed E-state index contributed by atoms with van der Waals surface area (Å²) in [5, 5.41) is 11.5. The average molecular weight is 491 g/mol. The number of ketones is 1. The highest BCUT2D eigenvalue weighted by atomic mass is 32.1. The molecule has 1 aliphatic heterocycles. The number of aromatic nitrogens is 1. The first-order valence-corrected chi connectivity index (χ1v) is 11.8. The summed E-state index contributed by atoms with van der Waals surface area (Å²) in [6.45, 7) is 4.19. The second kappa shape index (κ2) is 8.92. The molecular weight excluding hydrogens is 468 g/mol. The lowest BCUT2D eigenvalue weighted by molar-refractivity contribution is -0.132. The lowest BCUT2D eigenvalue weighted by Crippen LogP contribution is -2.29. The summed E-state index contributed by atoms with van der Waals surface area (Å²) in [6, 6.07) is 14.6. The molecule has 5 rings (SSSR count). The number of hydrogen-bond acceptors (Lipinski definition) is 8. The van der Waals surface area contributed by atoms with E-state index in [0.717, 1.165) is 4.70 Å². The fourth-order valence-electron chi connectivity index (χ4n) is 4.08. The summed E-state index contributed by atoms with van der Waals surface area (Å²) < 4.78 is 17.5. The molecule has 9 heteroatoms. The van der Waals surface area contributed by atoms with Crippen LogP contribution in [0.5, 0.6) is 11.5 Å². The molecule has 2 aromatic carbocycles. The molecule has 0 spiro atoms. The van der Waals surface area contributed by atoms with Crippen molar-refractivity contribution >= 4 is 44.1 Å². The van der Waals surface area contributed by atoms with Crippen LogP contribution in [0.3, 0.4) is 0 Å². The van der Waals surface area contributed by atoms with Crippen molar-refractivity contribution in [1.82, 2.24) is 4.98 Å². The van der Waals surface area contributed by atoms with Crippen molar-refractivity contribution in [1.29, 1.82) is 0 Å². The van der Waals surface area contributed by atoms with E-state index < -0.39 is 17.7 Å². The smallest absolute Gasteiger partial charge is 0.302 e. The van der Waals surface area contributed by atoms with Crippen LogP contribution in [0, 0.1) is 6.92 Å². The average Bonchev–Trinajstić information content (AvgIpc) is 3.54. The van der Waals surface area contributed by atoms with Crippen molar-refractivity contribution in [3.63, 3.8) is 0 Å². The molecule has 1 unspecified atom stereocenters. The summed E-state index contributed by atoms with van der Waals surface area (Å²) in [5.74, 6) is 0.219. The molecule has 1 fully saturated rings. The third-order valence-electron chi connectivity index (χ3n) is 5.68.